The average Bonchev–Trinajstić information content (AvgIpc) is 2.54. The number of nitrogens with zero attached hydrogens (tertiary/aromatic N) is 3. The molecule has 6 nitrogen and oxygen atoms in total. The van der Waals surface area contributed by atoms with E-state index in [-0.39, 0.29) is 35.1 Å². The van der Waals surface area contributed by atoms with Gasteiger partial charge in [0, 0.05) is 24.9 Å². The second-order valence-electron chi connectivity index (χ2n) is 4.10. The molecule has 0 radical (unpaired) electrons. The Morgan fingerprint density at radius 2 is 2.11 bits per heavy atom. The zero-order chi connectivity index (χ0) is 14.2. The van der Waals surface area contributed by atoms with Crippen LogP contribution in [-0.2, 0) is 15.0 Å². The van der Waals surface area contributed by atoms with Crippen molar-refractivity contribution in [3.8, 4) is 0 Å². The third-order valence-electron chi connectivity index (χ3n) is 2.57. The molecule has 2 rings (SSSR count). The van der Waals surface area contributed by atoms with Gasteiger partial charge in [0.2, 0.25) is 11.2 Å². The number of aromatic nitrogens is 2. The lowest BCUT2D eigenvalue weighted by atomic mass is 10.1. The van der Waals surface area contributed by atoms with Crippen molar-refractivity contribution < 1.29 is 17.1 Å². The van der Waals surface area contributed by atoms with E-state index in [2.05, 4.69) is 9.97 Å². The van der Waals surface area contributed by atoms with Gasteiger partial charge in [0.05, 0.1) is 5.75 Å². The quantitative estimate of drug-likeness (QED) is 0.476. The summed E-state index contributed by atoms with van der Waals surface area (Å²) in [4.78, 5) is 20.4. The van der Waals surface area contributed by atoms with E-state index in [4.69, 9.17) is 23.2 Å². The van der Waals surface area contributed by atoms with Crippen molar-refractivity contribution in [1.29, 1.82) is 0 Å². The number of halogens is 3. The normalized spacial score (nSPS) is 20.1. The zero-order valence-corrected chi connectivity index (χ0v) is 11.7. The molecule has 1 aromatic heterocycles. The molecular formula is C9H8Cl2FN3O3S. The molecule has 104 valence electrons. The van der Waals surface area contributed by atoms with Crippen LogP contribution in [0.15, 0.2) is 6.07 Å². The molecule has 1 fully saturated rings. The molecule has 0 aromatic carbocycles. The maximum atomic E-state index is 12.6. The molecule has 1 atom stereocenters. The van der Waals surface area contributed by atoms with Gasteiger partial charge >= 0.3 is 10.2 Å². The summed E-state index contributed by atoms with van der Waals surface area (Å²) in [5.41, 5.74) is 0. The number of amides is 1. The molecule has 2 heterocycles. The first-order valence-electron chi connectivity index (χ1n) is 5.17. The van der Waals surface area contributed by atoms with Crippen molar-refractivity contribution >= 4 is 45.2 Å². The summed E-state index contributed by atoms with van der Waals surface area (Å²) in [5, 5.41) is -0.0683. The van der Waals surface area contributed by atoms with E-state index in [1.807, 2.05) is 0 Å². The van der Waals surface area contributed by atoms with Crippen LogP contribution in [0.5, 0.6) is 0 Å². The molecule has 0 N–H and O–H groups in total. The third kappa shape index (κ3) is 3.74. The van der Waals surface area contributed by atoms with E-state index in [1.54, 1.807) is 0 Å². The minimum absolute atomic E-state index is 0.0473. The van der Waals surface area contributed by atoms with Crippen molar-refractivity contribution in [2.45, 2.75) is 6.42 Å². The van der Waals surface area contributed by atoms with Crippen LogP contribution in [0.4, 0.5) is 9.70 Å². The Hall–Kier alpha value is -0.990. The molecule has 0 spiro atoms. The lowest BCUT2D eigenvalue weighted by molar-refractivity contribution is -0.117. The highest BCUT2D eigenvalue weighted by molar-refractivity contribution is 7.86. The smallest absolute Gasteiger partial charge is 0.296 e. The molecule has 1 aliphatic rings. The van der Waals surface area contributed by atoms with Gasteiger partial charge in [0.1, 0.15) is 11.0 Å². The first-order valence-corrected chi connectivity index (χ1v) is 7.48. The van der Waals surface area contributed by atoms with Crippen LogP contribution in [0.25, 0.3) is 0 Å². The van der Waals surface area contributed by atoms with Crippen molar-refractivity contribution in [2.24, 2.45) is 5.92 Å². The van der Waals surface area contributed by atoms with Crippen LogP contribution in [0, 0.1) is 5.92 Å². The van der Waals surface area contributed by atoms with E-state index in [1.165, 1.54) is 11.0 Å². The van der Waals surface area contributed by atoms with Gasteiger partial charge in [-0.15, -0.1) is 3.89 Å². The SMILES string of the molecule is O=C1CC(CS(=O)(=O)F)CN1c1cc(Cl)nc(Cl)n1. The summed E-state index contributed by atoms with van der Waals surface area (Å²) < 4.78 is 33.8. The highest BCUT2D eigenvalue weighted by Gasteiger charge is 2.34. The molecule has 0 saturated carbocycles. The predicted molar refractivity (Wildman–Crippen MR) is 67.4 cm³/mol. The third-order valence-corrected chi connectivity index (χ3v) is 3.80. The Morgan fingerprint density at radius 3 is 2.68 bits per heavy atom. The van der Waals surface area contributed by atoms with Crippen LogP contribution in [0.3, 0.4) is 0 Å². The molecule has 0 aliphatic carbocycles. The summed E-state index contributed by atoms with van der Waals surface area (Å²) >= 11 is 11.3. The number of carbonyl (C=O) groups excluding carboxylic acids is 1. The van der Waals surface area contributed by atoms with Gasteiger partial charge in [0.25, 0.3) is 0 Å². The molecule has 10 heteroatoms. The van der Waals surface area contributed by atoms with Gasteiger partial charge in [0.15, 0.2) is 0 Å². The Morgan fingerprint density at radius 1 is 1.42 bits per heavy atom. The fourth-order valence-electron chi connectivity index (χ4n) is 1.91. The van der Waals surface area contributed by atoms with Crippen LogP contribution in [-0.4, -0.2) is 36.6 Å². The summed E-state index contributed by atoms with van der Waals surface area (Å²) in [6.07, 6.45) is -0.0671. The van der Waals surface area contributed by atoms with Crippen molar-refractivity contribution in [2.75, 3.05) is 17.2 Å². The number of hydrogen-bond acceptors (Lipinski definition) is 5. The molecule has 1 saturated heterocycles. The maximum absolute atomic E-state index is 12.6. The Labute approximate surface area is 118 Å². The highest BCUT2D eigenvalue weighted by Crippen LogP contribution is 2.27. The van der Waals surface area contributed by atoms with Crippen molar-refractivity contribution in [1.82, 2.24) is 9.97 Å². The zero-order valence-electron chi connectivity index (χ0n) is 9.38. The topological polar surface area (TPSA) is 80.2 Å². The fourth-order valence-corrected chi connectivity index (χ4v) is 3.10. The second-order valence-corrected chi connectivity index (χ2v) is 6.23. The Bertz CT molecular complexity index is 605. The average molecular weight is 328 g/mol. The highest BCUT2D eigenvalue weighted by atomic mass is 35.5. The van der Waals surface area contributed by atoms with E-state index < -0.39 is 21.9 Å². The fraction of sp³-hybridized carbons (Fsp3) is 0.444. The van der Waals surface area contributed by atoms with E-state index in [0.717, 1.165) is 0 Å². The standard InChI is InChI=1S/C9H8Cl2FN3O3S/c10-6-2-7(14-9(11)13-6)15-3-5(1-8(15)16)4-19(12,17)18/h2,5H,1,3-4H2. The van der Waals surface area contributed by atoms with E-state index in [0.29, 0.717) is 0 Å². The number of hydrogen-bond donors (Lipinski definition) is 0. The molecule has 1 unspecified atom stereocenters. The predicted octanol–water partition coefficient (Wildman–Crippen LogP) is 1.44. The minimum Gasteiger partial charge on any atom is -0.296 e. The van der Waals surface area contributed by atoms with Crippen LogP contribution in [0.1, 0.15) is 6.42 Å². The van der Waals surface area contributed by atoms with E-state index in [9.17, 15) is 17.1 Å². The summed E-state index contributed by atoms with van der Waals surface area (Å²) in [7, 11) is -4.62. The summed E-state index contributed by atoms with van der Waals surface area (Å²) in [6.45, 7) is 0.0473. The number of carbonyl (C=O) groups is 1. The lowest BCUT2D eigenvalue weighted by Gasteiger charge is -2.15. The first-order chi connectivity index (χ1) is 8.74. The molecule has 1 aromatic rings. The van der Waals surface area contributed by atoms with Gasteiger partial charge < -0.3 is 0 Å². The second kappa shape index (κ2) is 5.18. The van der Waals surface area contributed by atoms with Crippen LogP contribution < -0.4 is 4.90 Å². The molecule has 1 aliphatic heterocycles. The van der Waals surface area contributed by atoms with Gasteiger partial charge in [-0.25, -0.2) is 9.97 Å². The van der Waals surface area contributed by atoms with Crippen molar-refractivity contribution in [3.05, 3.63) is 16.5 Å². The first kappa shape index (κ1) is 14.4. The number of anilines is 1. The van der Waals surface area contributed by atoms with E-state index >= 15 is 0 Å². The Kier molecular flexibility index (Phi) is 3.93. The van der Waals surface area contributed by atoms with Crippen LogP contribution >= 0.6 is 23.2 Å². The van der Waals surface area contributed by atoms with Crippen molar-refractivity contribution in [3.63, 3.8) is 0 Å². The lowest BCUT2D eigenvalue weighted by Crippen LogP contribution is -2.26. The van der Waals surface area contributed by atoms with Gasteiger partial charge in [-0.2, -0.15) is 8.42 Å². The molecule has 0 bridgehead atoms. The monoisotopic (exact) mass is 327 g/mol. The van der Waals surface area contributed by atoms with Crippen LogP contribution in [0.2, 0.25) is 10.4 Å². The summed E-state index contributed by atoms with van der Waals surface area (Å²) in [6, 6.07) is 1.33. The Balaban J connectivity index is 2.20. The van der Waals surface area contributed by atoms with Gasteiger partial charge in [-0.05, 0) is 11.6 Å². The van der Waals surface area contributed by atoms with Gasteiger partial charge in [-0.1, -0.05) is 11.6 Å². The molecule has 19 heavy (non-hydrogen) atoms. The largest absolute Gasteiger partial charge is 0.302 e. The van der Waals surface area contributed by atoms with Gasteiger partial charge in [-0.3, -0.25) is 9.69 Å². The number of rotatable bonds is 3. The maximum Gasteiger partial charge on any atom is 0.302 e. The molecule has 1 amide bonds. The molecular weight excluding hydrogens is 320 g/mol. The summed E-state index contributed by atoms with van der Waals surface area (Å²) in [5.74, 6) is -1.50. The minimum atomic E-state index is -4.62.